The molecule has 2 atom stereocenters. The van der Waals surface area contributed by atoms with Crippen molar-refractivity contribution in [3.63, 3.8) is 0 Å². The second-order valence-electron chi connectivity index (χ2n) is 7.04. The summed E-state index contributed by atoms with van der Waals surface area (Å²) in [6, 6.07) is 13.0. The van der Waals surface area contributed by atoms with Crippen molar-refractivity contribution in [2.75, 3.05) is 24.2 Å². The maximum absolute atomic E-state index is 13.2. The van der Waals surface area contributed by atoms with E-state index in [9.17, 15) is 14.0 Å². The standard InChI is InChI=1S/C22H28FN3O2/c1-5-15(2)19-11-6-7-12-20(19)25-22(28)16(3)26(4)14-21(27)24-18-10-8-9-17(23)13-18/h6-13,15-16H,5,14H2,1-4H3,(H,24,27)(H,25,28). The third-order valence-corrected chi connectivity index (χ3v) is 4.90. The minimum Gasteiger partial charge on any atom is -0.325 e. The Balaban J connectivity index is 1.96. The van der Waals surface area contributed by atoms with Crippen molar-refractivity contribution in [2.24, 2.45) is 0 Å². The molecule has 0 heterocycles. The second kappa shape index (κ2) is 9.99. The molecule has 0 bridgehead atoms. The number of benzene rings is 2. The molecule has 28 heavy (non-hydrogen) atoms. The summed E-state index contributed by atoms with van der Waals surface area (Å²) in [6.45, 7) is 5.99. The summed E-state index contributed by atoms with van der Waals surface area (Å²) in [5.41, 5.74) is 2.28. The predicted molar refractivity (Wildman–Crippen MR) is 111 cm³/mol. The lowest BCUT2D eigenvalue weighted by molar-refractivity contribution is -0.122. The van der Waals surface area contributed by atoms with Crippen molar-refractivity contribution in [3.05, 3.63) is 59.9 Å². The Morgan fingerprint density at radius 1 is 1.07 bits per heavy atom. The van der Waals surface area contributed by atoms with E-state index >= 15 is 0 Å². The molecule has 0 aliphatic rings. The van der Waals surface area contributed by atoms with Gasteiger partial charge in [0, 0.05) is 11.4 Å². The highest BCUT2D eigenvalue weighted by Crippen LogP contribution is 2.26. The average Bonchev–Trinajstić information content (AvgIpc) is 2.67. The van der Waals surface area contributed by atoms with Crippen molar-refractivity contribution in [1.82, 2.24) is 4.90 Å². The fourth-order valence-corrected chi connectivity index (χ4v) is 2.83. The number of likely N-dealkylation sites (N-methyl/N-ethyl adjacent to an activating group) is 1. The molecule has 0 saturated heterocycles. The van der Waals surface area contributed by atoms with E-state index in [-0.39, 0.29) is 18.4 Å². The van der Waals surface area contributed by atoms with Gasteiger partial charge in [0.25, 0.3) is 0 Å². The molecule has 2 aromatic carbocycles. The summed E-state index contributed by atoms with van der Waals surface area (Å²) >= 11 is 0. The minimum atomic E-state index is -0.511. The molecule has 2 N–H and O–H groups in total. The van der Waals surface area contributed by atoms with E-state index in [1.54, 1.807) is 24.9 Å². The highest BCUT2D eigenvalue weighted by molar-refractivity contribution is 5.96. The number of nitrogens with one attached hydrogen (secondary N) is 2. The molecular formula is C22H28FN3O2. The molecular weight excluding hydrogens is 357 g/mol. The number of hydrogen-bond acceptors (Lipinski definition) is 3. The lowest BCUT2D eigenvalue weighted by Gasteiger charge is -2.24. The van der Waals surface area contributed by atoms with Crippen LogP contribution in [0.15, 0.2) is 48.5 Å². The van der Waals surface area contributed by atoms with Crippen molar-refractivity contribution in [3.8, 4) is 0 Å². The van der Waals surface area contributed by atoms with Crippen LogP contribution >= 0.6 is 0 Å². The van der Waals surface area contributed by atoms with Gasteiger partial charge in [-0.15, -0.1) is 0 Å². The largest absolute Gasteiger partial charge is 0.325 e. The Hall–Kier alpha value is -2.73. The molecule has 0 radical (unpaired) electrons. The molecule has 2 amide bonds. The van der Waals surface area contributed by atoms with Crippen LogP contribution in [0.3, 0.4) is 0 Å². The Morgan fingerprint density at radius 3 is 2.46 bits per heavy atom. The van der Waals surface area contributed by atoms with Gasteiger partial charge in [-0.3, -0.25) is 14.5 Å². The van der Waals surface area contributed by atoms with Gasteiger partial charge >= 0.3 is 0 Å². The van der Waals surface area contributed by atoms with Crippen LogP contribution in [0.2, 0.25) is 0 Å². The Labute approximate surface area is 165 Å². The quantitative estimate of drug-likeness (QED) is 0.715. The van der Waals surface area contributed by atoms with E-state index in [0.29, 0.717) is 11.6 Å². The fourth-order valence-electron chi connectivity index (χ4n) is 2.83. The molecule has 150 valence electrons. The normalized spacial score (nSPS) is 13.1. The number of anilines is 2. The van der Waals surface area contributed by atoms with Gasteiger partial charge in [0.05, 0.1) is 12.6 Å². The van der Waals surface area contributed by atoms with E-state index < -0.39 is 11.9 Å². The average molecular weight is 385 g/mol. The molecule has 0 aliphatic carbocycles. The van der Waals surface area contributed by atoms with E-state index in [0.717, 1.165) is 17.7 Å². The topological polar surface area (TPSA) is 61.4 Å². The van der Waals surface area contributed by atoms with Gasteiger partial charge in [-0.2, -0.15) is 0 Å². The van der Waals surface area contributed by atoms with E-state index in [1.165, 1.54) is 18.2 Å². The molecule has 0 aromatic heterocycles. The van der Waals surface area contributed by atoms with E-state index in [1.807, 2.05) is 24.3 Å². The first-order valence-electron chi connectivity index (χ1n) is 9.47. The fraction of sp³-hybridized carbons (Fsp3) is 0.364. The number of halogens is 1. The van der Waals surface area contributed by atoms with Gasteiger partial charge < -0.3 is 10.6 Å². The minimum absolute atomic E-state index is 0.0120. The maximum atomic E-state index is 13.2. The summed E-state index contributed by atoms with van der Waals surface area (Å²) in [4.78, 5) is 26.5. The number of carbonyl (C=O) groups excluding carboxylic acids is 2. The first-order valence-corrected chi connectivity index (χ1v) is 9.47. The zero-order chi connectivity index (χ0) is 20.7. The highest BCUT2D eigenvalue weighted by atomic mass is 19.1. The van der Waals surface area contributed by atoms with Crippen LogP contribution < -0.4 is 10.6 Å². The summed E-state index contributed by atoms with van der Waals surface area (Å²) in [5, 5.41) is 5.61. The SMILES string of the molecule is CCC(C)c1ccccc1NC(=O)C(C)N(C)CC(=O)Nc1cccc(F)c1. The van der Waals surface area contributed by atoms with Crippen LogP contribution in [0, 0.1) is 5.82 Å². The first kappa shape index (κ1) is 21.6. The van der Waals surface area contributed by atoms with Crippen LogP contribution in [0.4, 0.5) is 15.8 Å². The molecule has 2 rings (SSSR count). The van der Waals surface area contributed by atoms with Crippen LogP contribution in [-0.4, -0.2) is 36.3 Å². The number of hydrogen-bond donors (Lipinski definition) is 2. The molecule has 0 saturated carbocycles. The van der Waals surface area contributed by atoms with Gasteiger partial charge in [-0.05, 0) is 56.1 Å². The number of para-hydroxylation sites is 1. The van der Waals surface area contributed by atoms with Gasteiger partial charge in [-0.1, -0.05) is 38.1 Å². The lowest BCUT2D eigenvalue weighted by Crippen LogP contribution is -2.43. The van der Waals surface area contributed by atoms with Crippen LogP contribution in [0.25, 0.3) is 0 Å². The van der Waals surface area contributed by atoms with Crippen molar-refractivity contribution < 1.29 is 14.0 Å². The molecule has 0 spiro atoms. The molecule has 5 nitrogen and oxygen atoms in total. The number of amides is 2. The van der Waals surface area contributed by atoms with E-state index in [2.05, 4.69) is 24.5 Å². The summed E-state index contributed by atoms with van der Waals surface area (Å²) < 4.78 is 13.2. The molecule has 6 heteroatoms. The van der Waals surface area contributed by atoms with Crippen LogP contribution in [0.1, 0.15) is 38.7 Å². The number of nitrogens with zero attached hydrogens (tertiary/aromatic N) is 1. The van der Waals surface area contributed by atoms with Gasteiger partial charge in [0.1, 0.15) is 5.82 Å². The smallest absolute Gasteiger partial charge is 0.241 e. The Kier molecular flexibility index (Phi) is 7.70. The zero-order valence-corrected chi connectivity index (χ0v) is 16.8. The van der Waals surface area contributed by atoms with Gasteiger partial charge in [-0.25, -0.2) is 4.39 Å². The third-order valence-electron chi connectivity index (χ3n) is 4.90. The van der Waals surface area contributed by atoms with Gasteiger partial charge in [0.2, 0.25) is 11.8 Å². The number of rotatable bonds is 8. The number of carbonyl (C=O) groups is 2. The monoisotopic (exact) mass is 385 g/mol. The molecule has 0 fully saturated rings. The van der Waals surface area contributed by atoms with Crippen molar-refractivity contribution >= 4 is 23.2 Å². The third kappa shape index (κ3) is 5.89. The highest BCUT2D eigenvalue weighted by Gasteiger charge is 2.21. The zero-order valence-electron chi connectivity index (χ0n) is 16.8. The summed E-state index contributed by atoms with van der Waals surface area (Å²) in [7, 11) is 1.70. The van der Waals surface area contributed by atoms with Crippen molar-refractivity contribution in [2.45, 2.75) is 39.2 Å². The Bertz CT molecular complexity index is 825. The van der Waals surface area contributed by atoms with Crippen LogP contribution in [-0.2, 0) is 9.59 Å². The predicted octanol–water partition coefficient (Wildman–Crippen LogP) is 4.24. The maximum Gasteiger partial charge on any atom is 0.241 e. The lowest BCUT2D eigenvalue weighted by atomic mass is 9.97. The summed E-state index contributed by atoms with van der Waals surface area (Å²) in [5.74, 6) is -0.579. The molecule has 2 aromatic rings. The van der Waals surface area contributed by atoms with Gasteiger partial charge in [0.15, 0.2) is 0 Å². The molecule has 2 unspecified atom stereocenters. The van der Waals surface area contributed by atoms with Crippen molar-refractivity contribution in [1.29, 1.82) is 0 Å². The first-order chi connectivity index (χ1) is 13.3. The second-order valence-corrected chi connectivity index (χ2v) is 7.04. The van der Waals surface area contributed by atoms with Crippen LogP contribution in [0.5, 0.6) is 0 Å². The molecule has 0 aliphatic heterocycles. The van der Waals surface area contributed by atoms with E-state index in [4.69, 9.17) is 0 Å². The summed E-state index contributed by atoms with van der Waals surface area (Å²) in [6.07, 6.45) is 0.975. The Morgan fingerprint density at radius 2 is 1.79 bits per heavy atom.